The van der Waals surface area contributed by atoms with Crippen LogP contribution in [0.3, 0.4) is 0 Å². The fraction of sp³-hybridized carbons (Fsp3) is 0.733. The molecule has 0 aliphatic carbocycles. The predicted molar refractivity (Wildman–Crippen MR) is 86.6 cm³/mol. The maximum atomic E-state index is 12.3. The summed E-state index contributed by atoms with van der Waals surface area (Å²) < 4.78 is 27.3. The van der Waals surface area contributed by atoms with E-state index in [9.17, 15) is 8.42 Å². The van der Waals surface area contributed by atoms with Crippen LogP contribution in [0.25, 0.3) is 0 Å². The predicted octanol–water partition coefficient (Wildman–Crippen LogP) is 2.62. The fourth-order valence-corrected chi connectivity index (χ4v) is 3.26. The summed E-state index contributed by atoms with van der Waals surface area (Å²) in [5.41, 5.74) is 0.874. The Bertz CT molecular complexity index is 521. The van der Waals surface area contributed by atoms with Crippen LogP contribution < -0.4 is 10.0 Å². The first kappa shape index (κ1) is 18.2. The SMILES string of the molecule is CC(C)CCC(C)NS(=O)(=O)c1c[nH]c(CNC(C)C)c1. The summed E-state index contributed by atoms with van der Waals surface area (Å²) >= 11 is 0. The summed E-state index contributed by atoms with van der Waals surface area (Å²) in [5.74, 6) is 0.581. The van der Waals surface area contributed by atoms with Crippen LogP contribution in [0.2, 0.25) is 0 Å². The maximum Gasteiger partial charge on any atom is 0.242 e. The average molecular weight is 315 g/mol. The maximum absolute atomic E-state index is 12.3. The lowest BCUT2D eigenvalue weighted by Crippen LogP contribution is -2.32. The van der Waals surface area contributed by atoms with Crippen molar-refractivity contribution in [1.82, 2.24) is 15.0 Å². The Morgan fingerprint density at radius 3 is 2.38 bits per heavy atom. The molecule has 122 valence electrons. The third-order valence-corrected chi connectivity index (χ3v) is 4.83. The second-order valence-corrected chi connectivity index (χ2v) is 8.10. The Hall–Kier alpha value is -0.850. The lowest BCUT2D eigenvalue weighted by atomic mass is 10.1. The van der Waals surface area contributed by atoms with Gasteiger partial charge in [-0.15, -0.1) is 0 Å². The topological polar surface area (TPSA) is 74.0 Å². The van der Waals surface area contributed by atoms with Gasteiger partial charge in [0.15, 0.2) is 0 Å². The molecule has 1 unspecified atom stereocenters. The number of sulfonamides is 1. The molecule has 1 rings (SSSR count). The molecule has 0 aliphatic rings. The van der Waals surface area contributed by atoms with Crippen molar-refractivity contribution in [2.75, 3.05) is 0 Å². The highest BCUT2D eigenvalue weighted by molar-refractivity contribution is 7.89. The molecule has 0 amide bonds. The molecule has 0 aliphatic heterocycles. The Morgan fingerprint density at radius 2 is 1.81 bits per heavy atom. The zero-order valence-electron chi connectivity index (χ0n) is 13.7. The lowest BCUT2D eigenvalue weighted by Gasteiger charge is -2.14. The van der Waals surface area contributed by atoms with Gasteiger partial charge in [0.1, 0.15) is 0 Å². The molecule has 0 saturated carbocycles. The first-order chi connectivity index (χ1) is 9.70. The number of H-pyrrole nitrogens is 1. The molecule has 1 atom stereocenters. The number of aromatic amines is 1. The molecular formula is C15H29N3O2S. The van der Waals surface area contributed by atoms with Gasteiger partial charge in [0.25, 0.3) is 0 Å². The highest BCUT2D eigenvalue weighted by Gasteiger charge is 2.19. The van der Waals surface area contributed by atoms with Crippen LogP contribution in [-0.2, 0) is 16.6 Å². The number of aromatic nitrogens is 1. The summed E-state index contributed by atoms with van der Waals surface area (Å²) in [4.78, 5) is 3.31. The van der Waals surface area contributed by atoms with E-state index in [4.69, 9.17) is 0 Å². The number of nitrogens with one attached hydrogen (secondary N) is 3. The molecule has 0 radical (unpaired) electrons. The molecule has 0 bridgehead atoms. The van der Waals surface area contributed by atoms with Gasteiger partial charge in [-0.1, -0.05) is 27.7 Å². The number of hydrogen-bond acceptors (Lipinski definition) is 3. The van der Waals surface area contributed by atoms with E-state index in [2.05, 4.69) is 42.7 Å². The normalized spacial score (nSPS) is 14.0. The van der Waals surface area contributed by atoms with Gasteiger partial charge >= 0.3 is 0 Å². The van der Waals surface area contributed by atoms with Crippen LogP contribution in [-0.4, -0.2) is 25.5 Å². The van der Waals surface area contributed by atoms with Crippen molar-refractivity contribution in [3.63, 3.8) is 0 Å². The second-order valence-electron chi connectivity index (χ2n) is 6.39. The highest BCUT2D eigenvalue weighted by atomic mass is 32.2. The van der Waals surface area contributed by atoms with Crippen molar-refractivity contribution in [1.29, 1.82) is 0 Å². The largest absolute Gasteiger partial charge is 0.363 e. The minimum absolute atomic E-state index is 0.0514. The molecule has 0 aromatic carbocycles. The van der Waals surface area contributed by atoms with E-state index in [0.29, 0.717) is 23.4 Å². The average Bonchev–Trinajstić information content (AvgIpc) is 2.83. The van der Waals surface area contributed by atoms with Gasteiger partial charge in [0.2, 0.25) is 10.0 Å². The van der Waals surface area contributed by atoms with Gasteiger partial charge in [0.05, 0.1) is 4.90 Å². The third-order valence-electron chi connectivity index (χ3n) is 3.26. The lowest BCUT2D eigenvalue weighted by molar-refractivity contribution is 0.485. The summed E-state index contributed by atoms with van der Waals surface area (Å²) in [6, 6.07) is 2.00. The molecular weight excluding hydrogens is 286 g/mol. The van der Waals surface area contributed by atoms with Crippen LogP contribution in [0.15, 0.2) is 17.2 Å². The van der Waals surface area contributed by atoms with Crippen molar-refractivity contribution >= 4 is 10.0 Å². The Balaban J connectivity index is 2.61. The van der Waals surface area contributed by atoms with Crippen LogP contribution in [0.4, 0.5) is 0 Å². The Morgan fingerprint density at radius 1 is 1.14 bits per heavy atom. The molecule has 5 nitrogen and oxygen atoms in total. The molecule has 1 heterocycles. The van der Waals surface area contributed by atoms with E-state index >= 15 is 0 Å². The van der Waals surface area contributed by atoms with E-state index in [-0.39, 0.29) is 6.04 Å². The van der Waals surface area contributed by atoms with Crippen molar-refractivity contribution < 1.29 is 8.42 Å². The summed E-state index contributed by atoms with van der Waals surface area (Å²) in [6.45, 7) is 10.9. The molecule has 1 aromatic rings. The summed E-state index contributed by atoms with van der Waals surface area (Å²) in [5, 5.41) is 3.25. The van der Waals surface area contributed by atoms with Crippen LogP contribution >= 0.6 is 0 Å². The van der Waals surface area contributed by atoms with E-state index < -0.39 is 10.0 Å². The van der Waals surface area contributed by atoms with Gasteiger partial charge < -0.3 is 10.3 Å². The van der Waals surface area contributed by atoms with Crippen molar-refractivity contribution in [3.05, 3.63) is 18.0 Å². The van der Waals surface area contributed by atoms with Gasteiger partial charge in [-0.2, -0.15) is 0 Å². The van der Waals surface area contributed by atoms with Crippen LogP contribution in [0.5, 0.6) is 0 Å². The van der Waals surface area contributed by atoms with Crippen molar-refractivity contribution in [2.24, 2.45) is 5.92 Å². The molecule has 21 heavy (non-hydrogen) atoms. The van der Waals surface area contributed by atoms with Crippen molar-refractivity contribution in [2.45, 2.75) is 71.0 Å². The van der Waals surface area contributed by atoms with Crippen molar-refractivity contribution in [3.8, 4) is 0 Å². The van der Waals surface area contributed by atoms with Gasteiger partial charge in [-0.3, -0.25) is 0 Å². The van der Waals surface area contributed by atoms with E-state index in [0.717, 1.165) is 18.5 Å². The third kappa shape index (κ3) is 6.63. The first-order valence-corrected chi connectivity index (χ1v) is 9.12. The zero-order chi connectivity index (χ0) is 16.0. The van der Waals surface area contributed by atoms with E-state index in [1.807, 2.05) is 6.92 Å². The van der Waals surface area contributed by atoms with E-state index in [1.54, 1.807) is 12.3 Å². The molecule has 3 N–H and O–H groups in total. The number of rotatable bonds is 9. The molecule has 0 saturated heterocycles. The second kappa shape index (κ2) is 7.96. The standard InChI is InChI=1S/C15H29N3O2S/c1-11(2)6-7-13(5)18-21(19,20)15-8-14(17-10-15)9-16-12(3)4/h8,10-13,16-18H,6-7,9H2,1-5H3. The summed E-state index contributed by atoms with van der Waals surface area (Å²) in [7, 11) is -3.43. The van der Waals surface area contributed by atoms with E-state index in [1.165, 1.54) is 0 Å². The molecule has 1 aromatic heterocycles. The monoisotopic (exact) mass is 315 g/mol. The molecule has 0 fully saturated rings. The molecule has 0 spiro atoms. The smallest absolute Gasteiger partial charge is 0.242 e. The summed E-state index contributed by atoms with van der Waals surface area (Å²) in [6.07, 6.45) is 3.41. The fourth-order valence-electron chi connectivity index (χ4n) is 1.97. The zero-order valence-corrected chi connectivity index (χ0v) is 14.5. The van der Waals surface area contributed by atoms with Crippen LogP contribution in [0.1, 0.15) is 53.2 Å². The van der Waals surface area contributed by atoms with Gasteiger partial charge in [0, 0.05) is 30.5 Å². The van der Waals surface area contributed by atoms with Gasteiger partial charge in [-0.05, 0) is 31.7 Å². The highest BCUT2D eigenvalue weighted by Crippen LogP contribution is 2.13. The first-order valence-electron chi connectivity index (χ1n) is 7.63. The van der Waals surface area contributed by atoms with Crippen LogP contribution in [0, 0.1) is 5.92 Å². The quantitative estimate of drug-likeness (QED) is 0.656. The minimum atomic E-state index is -3.43. The number of hydrogen-bond donors (Lipinski definition) is 3. The minimum Gasteiger partial charge on any atom is -0.363 e. The Labute approximate surface area is 129 Å². The van der Waals surface area contributed by atoms with Gasteiger partial charge in [-0.25, -0.2) is 13.1 Å². The molecule has 6 heteroatoms. The Kier molecular flexibility index (Phi) is 6.90.